The number of nitrogens with one attached hydrogen (secondary N) is 1. The molecule has 1 unspecified atom stereocenters. The average Bonchev–Trinajstić information content (AvgIpc) is 3.18. The minimum absolute atomic E-state index is 0.140. The van der Waals surface area contributed by atoms with Gasteiger partial charge < -0.3 is 9.88 Å². The predicted molar refractivity (Wildman–Crippen MR) is 118 cm³/mol. The summed E-state index contributed by atoms with van der Waals surface area (Å²) in [6.07, 6.45) is 8.80. The maximum Gasteiger partial charge on any atom is 0.238 e. The topological polar surface area (TPSA) is 96.5 Å². The van der Waals surface area contributed by atoms with Crippen LogP contribution in [-0.2, 0) is 24.7 Å². The van der Waals surface area contributed by atoms with Crippen LogP contribution >= 0.6 is 23.1 Å². The Morgan fingerprint density at radius 3 is 2.93 bits per heavy atom. The third kappa shape index (κ3) is 4.11. The van der Waals surface area contributed by atoms with Gasteiger partial charge in [0.15, 0.2) is 11.0 Å². The molecule has 1 amide bonds. The number of rotatable bonds is 5. The molecule has 7 nitrogen and oxygen atoms in total. The molecular weight excluding hydrogens is 416 g/mol. The quantitative estimate of drug-likeness (QED) is 0.474. The second-order valence-corrected chi connectivity index (χ2v) is 9.65. The van der Waals surface area contributed by atoms with Crippen LogP contribution in [0.1, 0.15) is 42.2 Å². The van der Waals surface area contributed by atoms with Crippen molar-refractivity contribution in [2.24, 2.45) is 7.05 Å². The van der Waals surface area contributed by atoms with Crippen molar-refractivity contribution in [1.29, 1.82) is 5.26 Å². The minimum atomic E-state index is -0.386. The van der Waals surface area contributed by atoms with E-state index in [9.17, 15) is 10.1 Å². The van der Waals surface area contributed by atoms with Gasteiger partial charge in [0.1, 0.15) is 11.1 Å². The van der Waals surface area contributed by atoms with E-state index in [1.807, 2.05) is 30.7 Å². The van der Waals surface area contributed by atoms with Gasteiger partial charge in [0, 0.05) is 29.9 Å². The summed E-state index contributed by atoms with van der Waals surface area (Å²) in [4.78, 5) is 18.2. The highest BCUT2D eigenvalue weighted by molar-refractivity contribution is 8.00. The van der Waals surface area contributed by atoms with Crippen molar-refractivity contribution in [3.63, 3.8) is 0 Å². The molecule has 0 fully saturated rings. The Bertz CT molecular complexity index is 1100. The molecule has 154 valence electrons. The molecule has 0 aromatic carbocycles. The Balaban J connectivity index is 1.48. The Hall–Kier alpha value is -2.70. The number of thiophene rings is 1. The monoisotopic (exact) mass is 438 g/mol. The number of hydrogen-bond acceptors (Lipinski definition) is 7. The molecule has 0 radical (unpaired) electrons. The number of aryl methyl sites for hydroxylation is 1. The summed E-state index contributed by atoms with van der Waals surface area (Å²) in [5.41, 5.74) is 2.64. The van der Waals surface area contributed by atoms with E-state index in [0.29, 0.717) is 21.5 Å². The lowest BCUT2D eigenvalue weighted by Gasteiger charge is -2.11. The lowest BCUT2D eigenvalue weighted by Crippen LogP contribution is -2.22. The largest absolute Gasteiger partial charge is 0.316 e. The predicted octanol–water partition coefficient (Wildman–Crippen LogP) is 4.20. The lowest BCUT2D eigenvalue weighted by molar-refractivity contribution is -0.115. The zero-order valence-electron chi connectivity index (χ0n) is 16.9. The van der Waals surface area contributed by atoms with E-state index in [0.717, 1.165) is 36.8 Å². The first-order chi connectivity index (χ1) is 14.6. The summed E-state index contributed by atoms with van der Waals surface area (Å²) in [5, 5.41) is 22.1. The summed E-state index contributed by atoms with van der Waals surface area (Å²) in [6, 6.07) is 6.08. The Kier molecular flexibility index (Phi) is 6.16. The normalized spacial score (nSPS) is 14.4. The number of carbonyl (C=O) groups is 1. The van der Waals surface area contributed by atoms with E-state index in [1.54, 1.807) is 23.7 Å². The van der Waals surface area contributed by atoms with Crippen molar-refractivity contribution in [1.82, 2.24) is 19.7 Å². The highest BCUT2D eigenvalue weighted by Crippen LogP contribution is 2.37. The molecule has 3 aromatic heterocycles. The van der Waals surface area contributed by atoms with Crippen molar-refractivity contribution in [3.05, 3.63) is 40.5 Å². The fraction of sp³-hybridized carbons (Fsp3) is 0.381. The van der Waals surface area contributed by atoms with Crippen molar-refractivity contribution >= 4 is 34.0 Å². The van der Waals surface area contributed by atoms with Gasteiger partial charge in [-0.1, -0.05) is 18.2 Å². The van der Waals surface area contributed by atoms with Crippen LogP contribution < -0.4 is 5.32 Å². The Labute approximate surface area is 183 Å². The Morgan fingerprint density at radius 2 is 2.17 bits per heavy atom. The van der Waals surface area contributed by atoms with Crippen LogP contribution in [0.2, 0.25) is 0 Å². The molecule has 1 aliphatic carbocycles. The van der Waals surface area contributed by atoms with Gasteiger partial charge in [-0.25, -0.2) is 0 Å². The first kappa shape index (κ1) is 20.6. The van der Waals surface area contributed by atoms with E-state index in [1.165, 1.54) is 23.1 Å². The molecule has 3 aromatic rings. The third-order valence-electron chi connectivity index (χ3n) is 5.18. The standard InChI is InChI=1S/C21H22N6OS2/c1-13(29-21-26-25-18(27(21)2)14-7-6-10-23-12-14)19(28)24-20-16(11-22)15-8-4-3-5-9-17(15)30-20/h6-7,10,12-13H,3-5,8-9H2,1-2H3,(H,24,28). The molecular formula is C21H22N6OS2. The molecule has 0 spiro atoms. The number of carbonyl (C=O) groups excluding carboxylic acids is 1. The number of fused-ring (bicyclic) bond motifs is 1. The molecule has 0 aliphatic heterocycles. The van der Waals surface area contributed by atoms with Gasteiger partial charge in [0.25, 0.3) is 0 Å². The molecule has 3 heterocycles. The first-order valence-electron chi connectivity index (χ1n) is 9.90. The van der Waals surface area contributed by atoms with Crippen LogP contribution in [0.15, 0.2) is 29.7 Å². The van der Waals surface area contributed by atoms with Gasteiger partial charge in [-0.2, -0.15) is 5.26 Å². The van der Waals surface area contributed by atoms with Crippen molar-refractivity contribution in [2.75, 3.05) is 5.32 Å². The van der Waals surface area contributed by atoms with Crippen LogP contribution in [-0.4, -0.2) is 30.9 Å². The first-order valence-corrected chi connectivity index (χ1v) is 11.6. The van der Waals surface area contributed by atoms with E-state index in [2.05, 4.69) is 26.6 Å². The maximum atomic E-state index is 12.9. The lowest BCUT2D eigenvalue weighted by atomic mass is 10.1. The molecule has 0 bridgehead atoms. The second kappa shape index (κ2) is 8.98. The second-order valence-electron chi connectivity index (χ2n) is 7.24. The maximum absolute atomic E-state index is 12.9. The van der Waals surface area contributed by atoms with Crippen molar-refractivity contribution in [2.45, 2.75) is 49.4 Å². The van der Waals surface area contributed by atoms with Crippen LogP contribution in [0, 0.1) is 11.3 Å². The number of pyridine rings is 1. The van der Waals surface area contributed by atoms with Crippen LogP contribution in [0.25, 0.3) is 11.4 Å². The van der Waals surface area contributed by atoms with Crippen molar-refractivity contribution < 1.29 is 4.79 Å². The molecule has 1 atom stereocenters. The van der Waals surface area contributed by atoms with Crippen LogP contribution in [0.3, 0.4) is 0 Å². The van der Waals surface area contributed by atoms with Gasteiger partial charge >= 0.3 is 0 Å². The number of thioether (sulfide) groups is 1. The SMILES string of the molecule is CC(Sc1nnc(-c2cccnc2)n1C)C(=O)Nc1sc2c(c1C#N)CCCCC2. The van der Waals surface area contributed by atoms with Crippen LogP contribution in [0.4, 0.5) is 5.00 Å². The van der Waals surface area contributed by atoms with Gasteiger partial charge in [-0.3, -0.25) is 9.78 Å². The minimum Gasteiger partial charge on any atom is -0.316 e. The molecule has 0 saturated heterocycles. The van der Waals surface area contributed by atoms with Gasteiger partial charge in [0.2, 0.25) is 5.91 Å². The third-order valence-corrected chi connectivity index (χ3v) is 7.52. The zero-order valence-corrected chi connectivity index (χ0v) is 18.5. The highest BCUT2D eigenvalue weighted by Gasteiger charge is 2.24. The van der Waals surface area contributed by atoms with Gasteiger partial charge in [-0.15, -0.1) is 21.5 Å². The highest BCUT2D eigenvalue weighted by atomic mass is 32.2. The number of aromatic nitrogens is 4. The number of nitriles is 1. The van der Waals surface area contributed by atoms with E-state index < -0.39 is 0 Å². The molecule has 4 rings (SSSR count). The fourth-order valence-corrected chi connectivity index (χ4v) is 5.60. The molecule has 1 N–H and O–H groups in total. The Morgan fingerprint density at radius 1 is 1.33 bits per heavy atom. The average molecular weight is 439 g/mol. The number of anilines is 1. The van der Waals surface area contributed by atoms with Crippen molar-refractivity contribution in [3.8, 4) is 17.5 Å². The molecule has 9 heteroatoms. The zero-order chi connectivity index (χ0) is 21.1. The number of amides is 1. The summed E-state index contributed by atoms with van der Waals surface area (Å²) < 4.78 is 1.86. The van der Waals surface area contributed by atoms with Gasteiger partial charge in [-0.05, 0) is 50.3 Å². The molecule has 0 saturated carbocycles. The summed E-state index contributed by atoms with van der Waals surface area (Å²) in [5.74, 6) is 0.561. The summed E-state index contributed by atoms with van der Waals surface area (Å²) in [6.45, 7) is 1.84. The summed E-state index contributed by atoms with van der Waals surface area (Å²) >= 11 is 2.90. The van der Waals surface area contributed by atoms with Crippen LogP contribution in [0.5, 0.6) is 0 Å². The molecule has 30 heavy (non-hydrogen) atoms. The smallest absolute Gasteiger partial charge is 0.238 e. The number of nitrogens with zero attached hydrogens (tertiary/aromatic N) is 5. The fourth-order valence-electron chi connectivity index (χ4n) is 3.54. The molecule has 1 aliphatic rings. The number of hydrogen-bond donors (Lipinski definition) is 1. The summed E-state index contributed by atoms with van der Waals surface area (Å²) in [7, 11) is 1.87. The van der Waals surface area contributed by atoms with Gasteiger partial charge in [0.05, 0.1) is 10.8 Å². The van der Waals surface area contributed by atoms with E-state index in [4.69, 9.17) is 0 Å². The van der Waals surface area contributed by atoms with E-state index >= 15 is 0 Å². The van der Waals surface area contributed by atoms with E-state index in [-0.39, 0.29) is 11.2 Å².